The quantitative estimate of drug-likeness (QED) is 0.771. The molecule has 2 N–H and O–H groups in total. The lowest BCUT2D eigenvalue weighted by atomic mass is 9.69. The molecule has 1 aromatic rings. The van der Waals surface area contributed by atoms with E-state index in [4.69, 9.17) is 18.9 Å². The highest BCUT2D eigenvalue weighted by atomic mass is 16.7. The molecule has 2 aliphatic carbocycles. The average Bonchev–Trinajstić information content (AvgIpc) is 3.18. The van der Waals surface area contributed by atoms with Crippen molar-refractivity contribution in [3.63, 3.8) is 0 Å². The highest BCUT2D eigenvalue weighted by Gasteiger charge is 2.71. The summed E-state index contributed by atoms with van der Waals surface area (Å²) in [5.41, 5.74) is -0.969. The van der Waals surface area contributed by atoms with Crippen LogP contribution in [0.3, 0.4) is 0 Å². The molecule has 0 saturated heterocycles. The summed E-state index contributed by atoms with van der Waals surface area (Å²) in [4.78, 5) is 0. The zero-order chi connectivity index (χ0) is 19.4. The maximum Gasteiger partial charge on any atom is 0.231 e. The Morgan fingerprint density at radius 1 is 1.26 bits per heavy atom. The molecule has 1 heterocycles. The van der Waals surface area contributed by atoms with E-state index in [1.807, 2.05) is 24.3 Å². The van der Waals surface area contributed by atoms with Crippen LogP contribution in [0.1, 0.15) is 24.8 Å². The summed E-state index contributed by atoms with van der Waals surface area (Å²) in [6.07, 6.45) is 2.18. The summed E-state index contributed by atoms with van der Waals surface area (Å²) >= 11 is 0. The molecule has 3 aliphatic rings. The molecule has 0 aromatic heterocycles. The molecular formula is C21H26O6. The Kier molecular flexibility index (Phi) is 4.25. The van der Waals surface area contributed by atoms with Gasteiger partial charge in [0.2, 0.25) is 6.79 Å². The summed E-state index contributed by atoms with van der Waals surface area (Å²) in [6.45, 7) is 6.14. The molecular weight excluding hydrogens is 348 g/mol. The second-order valence-electron chi connectivity index (χ2n) is 7.60. The highest BCUT2D eigenvalue weighted by Crippen LogP contribution is 2.65. The Morgan fingerprint density at radius 3 is 2.67 bits per heavy atom. The second-order valence-corrected chi connectivity index (χ2v) is 7.60. The molecule has 6 heteroatoms. The molecule has 27 heavy (non-hydrogen) atoms. The van der Waals surface area contributed by atoms with Crippen LogP contribution in [-0.2, 0) is 9.47 Å². The molecule has 6 nitrogen and oxygen atoms in total. The van der Waals surface area contributed by atoms with Gasteiger partial charge in [-0.3, -0.25) is 0 Å². The van der Waals surface area contributed by atoms with E-state index in [9.17, 15) is 10.2 Å². The number of hydrogen-bond acceptors (Lipinski definition) is 6. The Hall–Kier alpha value is -2.02. The van der Waals surface area contributed by atoms with Crippen LogP contribution in [0.15, 0.2) is 42.7 Å². The maximum atomic E-state index is 11.4. The number of aliphatic hydroxyl groups is 2. The average molecular weight is 374 g/mol. The van der Waals surface area contributed by atoms with Crippen molar-refractivity contribution in [2.45, 2.75) is 37.1 Å². The number of fused-ring (bicyclic) bond motifs is 3. The Balaban J connectivity index is 1.91. The van der Waals surface area contributed by atoms with Gasteiger partial charge in [0.1, 0.15) is 17.5 Å². The van der Waals surface area contributed by atoms with Gasteiger partial charge in [-0.15, -0.1) is 6.58 Å². The summed E-state index contributed by atoms with van der Waals surface area (Å²) in [7, 11) is 3.05. The van der Waals surface area contributed by atoms with Crippen LogP contribution in [0.4, 0.5) is 0 Å². The monoisotopic (exact) mass is 374 g/mol. The SMILES string of the molecule is C=CC[C@]12C=C(OC)[C@@H](O)[C@](OC)([C@@H](c3ccc4c(c3)OCO4)[C@@H]1C)[C@H]2O. The van der Waals surface area contributed by atoms with E-state index in [0.29, 0.717) is 23.7 Å². The smallest absolute Gasteiger partial charge is 0.231 e. The molecule has 4 rings (SSSR count). The van der Waals surface area contributed by atoms with Crippen LogP contribution in [0, 0.1) is 11.3 Å². The molecule has 6 atom stereocenters. The first-order valence-corrected chi connectivity index (χ1v) is 9.14. The summed E-state index contributed by atoms with van der Waals surface area (Å²) in [5, 5.41) is 22.6. The van der Waals surface area contributed by atoms with Crippen molar-refractivity contribution in [3.8, 4) is 11.5 Å². The van der Waals surface area contributed by atoms with Gasteiger partial charge < -0.3 is 29.2 Å². The van der Waals surface area contributed by atoms with Crippen LogP contribution in [0.2, 0.25) is 0 Å². The van der Waals surface area contributed by atoms with E-state index in [2.05, 4.69) is 13.5 Å². The van der Waals surface area contributed by atoms with Crippen molar-refractivity contribution in [1.82, 2.24) is 0 Å². The van der Waals surface area contributed by atoms with E-state index >= 15 is 0 Å². The van der Waals surface area contributed by atoms with E-state index in [1.54, 1.807) is 6.08 Å². The van der Waals surface area contributed by atoms with Gasteiger partial charge in [-0.05, 0) is 36.1 Å². The minimum Gasteiger partial charge on any atom is -0.499 e. The molecule has 0 radical (unpaired) electrons. The minimum atomic E-state index is -1.24. The third kappa shape index (κ3) is 2.18. The summed E-state index contributed by atoms with van der Waals surface area (Å²) < 4.78 is 22.4. The molecule has 1 aliphatic heterocycles. The minimum absolute atomic E-state index is 0.0480. The lowest BCUT2D eigenvalue weighted by Crippen LogP contribution is -2.59. The number of hydrogen-bond donors (Lipinski definition) is 2. The first-order valence-electron chi connectivity index (χ1n) is 9.14. The molecule has 1 saturated carbocycles. The summed E-state index contributed by atoms with van der Waals surface area (Å²) in [5.74, 6) is 1.43. The van der Waals surface area contributed by atoms with Crippen molar-refractivity contribution in [2.24, 2.45) is 11.3 Å². The largest absolute Gasteiger partial charge is 0.499 e. The molecule has 0 amide bonds. The fraction of sp³-hybridized carbons (Fsp3) is 0.524. The zero-order valence-corrected chi connectivity index (χ0v) is 15.8. The standard InChI is InChI=1S/C21H26O6/c1-5-8-20-10-16(24-3)18(22)21(25-4,19(20)23)17(12(20)2)13-6-7-14-15(9-13)27-11-26-14/h5-7,9-10,12,17-19,22-23H,1,8,11H2,2-4H3/t12-,17+,18+,19-,20-,21+/m0/s1. The molecule has 0 unspecified atom stereocenters. The molecule has 146 valence electrons. The van der Waals surface area contributed by atoms with Gasteiger partial charge in [-0.25, -0.2) is 0 Å². The van der Waals surface area contributed by atoms with Gasteiger partial charge in [0.25, 0.3) is 0 Å². The number of aliphatic hydroxyl groups excluding tert-OH is 2. The normalized spacial score (nSPS) is 39.2. The van der Waals surface area contributed by atoms with E-state index in [0.717, 1.165) is 5.56 Å². The fourth-order valence-corrected chi connectivity index (χ4v) is 5.42. The van der Waals surface area contributed by atoms with Crippen molar-refractivity contribution in [1.29, 1.82) is 0 Å². The van der Waals surface area contributed by atoms with Crippen LogP contribution in [0.25, 0.3) is 0 Å². The molecule has 0 spiro atoms. The molecule has 1 fully saturated rings. The highest BCUT2D eigenvalue weighted by molar-refractivity contribution is 5.49. The third-order valence-electron chi connectivity index (χ3n) is 6.72. The number of rotatable bonds is 5. The maximum absolute atomic E-state index is 11.4. The summed E-state index contributed by atoms with van der Waals surface area (Å²) in [6, 6.07) is 5.72. The van der Waals surface area contributed by atoms with Crippen LogP contribution < -0.4 is 9.47 Å². The first kappa shape index (κ1) is 18.3. The lowest BCUT2D eigenvalue weighted by molar-refractivity contribution is -0.179. The molecule has 2 bridgehead atoms. The Labute approximate surface area is 159 Å². The number of benzene rings is 1. The predicted molar refractivity (Wildman–Crippen MR) is 98.6 cm³/mol. The van der Waals surface area contributed by atoms with Crippen molar-refractivity contribution < 1.29 is 29.2 Å². The number of ether oxygens (including phenoxy) is 4. The van der Waals surface area contributed by atoms with E-state index < -0.39 is 23.2 Å². The van der Waals surface area contributed by atoms with Gasteiger partial charge in [0, 0.05) is 18.4 Å². The first-order chi connectivity index (χ1) is 13.0. The van der Waals surface area contributed by atoms with Crippen LogP contribution in [-0.4, -0.2) is 49.0 Å². The lowest BCUT2D eigenvalue weighted by Gasteiger charge is -2.46. The van der Waals surface area contributed by atoms with E-state index in [1.165, 1.54) is 14.2 Å². The van der Waals surface area contributed by atoms with Crippen LogP contribution in [0.5, 0.6) is 11.5 Å². The van der Waals surface area contributed by atoms with Crippen molar-refractivity contribution >= 4 is 0 Å². The zero-order valence-electron chi connectivity index (χ0n) is 15.8. The van der Waals surface area contributed by atoms with Gasteiger partial charge in [0.05, 0.1) is 13.2 Å². The Bertz CT molecular complexity index is 789. The molecule has 1 aromatic carbocycles. The topological polar surface area (TPSA) is 77.4 Å². The Morgan fingerprint density at radius 2 is 2.00 bits per heavy atom. The van der Waals surface area contributed by atoms with Gasteiger partial charge >= 0.3 is 0 Å². The van der Waals surface area contributed by atoms with Crippen LogP contribution >= 0.6 is 0 Å². The number of allylic oxidation sites excluding steroid dienone is 1. The predicted octanol–water partition coefficient (Wildman–Crippen LogP) is 2.36. The van der Waals surface area contributed by atoms with Crippen molar-refractivity contribution in [2.75, 3.05) is 21.0 Å². The number of methoxy groups -OCH3 is 2. The van der Waals surface area contributed by atoms with E-state index in [-0.39, 0.29) is 18.6 Å². The fourth-order valence-electron chi connectivity index (χ4n) is 5.42. The second kappa shape index (κ2) is 6.26. The van der Waals surface area contributed by atoms with Gasteiger partial charge in [-0.1, -0.05) is 19.1 Å². The van der Waals surface area contributed by atoms with Gasteiger partial charge in [0.15, 0.2) is 11.5 Å². The van der Waals surface area contributed by atoms with Crippen molar-refractivity contribution in [3.05, 3.63) is 48.3 Å². The van der Waals surface area contributed by atoms with Gasteiger partial charge in [-0.2, -0.15) is 0 Å². The third-order valence-corrected chi connectivity index (χ3v) is 6.72.